The first kappa shape index (κ1) is 16.8. The molecule has 0 atom stereocenters. The number of rotatable bonds is 2. The third kappa shape index (κ3) is 4.12. The molecule has 0 heterocycles. The summed E-state index contributed by atoms with van der Waals surface area (Å²) < 4.78 is 75.4. The number of carboxylic acid groups (broad SMARTS) is 1. The topological polar surface area (TPSA) is 37.3 Å². The molecule has 0 fully saturated rings. The maximum atomic E-state index is 12.8. The fourth-order valence-electron chi connectivity index (χ4n) is 1.38. The highest BCUT2D eigenvalue weighted by Gasteiger charge is 2.38. The quantitative estimate of drug-likeness (QED) is 0.445. The van der Waals surface area contributed by atoms with Crippen LogP contribution in [0.1, 0.15) is 16.7 Å². The number of aliphatic carboxylic acids is 1. The van der Waals surface area contributed by atoms with E-state index in [4.69, 9.17) is 5.11 Å². The molecule has 0 aliphatic heterocycles. The second-order valence-electron chi connectivity index (χ2n) is 3.59. The van der Waals surface area contributed by atoms with Gasteiger partial charge in [0.15, 0.2) is 0 Å². The molecule has 20 heavy (non-hydrogen) atoms. The highest BCUT2D eigenvalue weighted by atomic mass is 127. The average Bonchev–Trinajstić information content (AvgIpc) is 2.22. The molecule has 1 aromatic rings. The molecule has 0 bridgehead atoms. The molecular weight excluding hydrogens is 405 g/mol. The molecule has 110 valence electrons. The molecular formula is C11H5F6IO2. The van der Waals surface area contributed by atoms with Crippen LogP contribution < -0.4 is 0 Å². The SMILES string of the molecule is O=C(O)/C=C/c1cc(C(F)(F)F)cc(I)c1C(F)(F)F. The molecule has 0 saturated heterocycles. The minimum absolute atomic E-state index is 0.268. The molecule has 1 aromatic carbocycles. The molecule has 0 amide bonds. The van der Waals surface area contributed by atoms with Crippen molar-refractivity contribution in [1.82, 2.24) is 0 Å². The van der Waals surface area contributed by atoms with Gasteiger partial charge in [0.25, 0.3) is 0 Å². The number of halogens is 7. The summed E-state index contributed by atoms with van der Waals surface area (Å²) in [5, 5.41) is 8.37. The first-order valence-corrected chi connectivity index (χ1v) is 5.89. The Balaban J connectivity index is 3.57. The minimum Gasteiger partial charge on any atom is -0.478 e. The van der Waals surface area contributed by atoms with Gasteiger partial charge in [-0.05, 0) is 46.4 Å². The van der Waals surface area contributed by atoms with Crippen molar-refractivity contribution in [1.29, 1.82) is 0 Å². The third-order valence-electron chi connectivity index (χ3n) is 2.14. The van der Waals surface area contributed by atoms with Crippen molar-refractivity contribution >= 4 is 34.6 Å². The van der Waals surface area contributed by atoms with Gasteiger partial charge in [0.1, 0.15) is 0 Å². The van der Waals surface area contributed by atoms with Crippen molar-refractivity contribution in [3.63, 3.8) is 0 Å². The number of benzene rings is 1. The molecule has 0 aliphatic carbocycles. The zero-order valence-electron chi connectivity index (χ0n) is 9.31. The lowest BCUT2D eigenvalue weighted by Gasteiger charge is -2.16. The molecule has 1 rings (SSSR count). The van der Waals surface area contributed by atoms with Gasteiger partial charge in [-0.1, -0.05) is 0 Å². The Kier molecular flexibility index (Phi) is 4.72. The Morgan fingerprint density at radius 2 is 1.65 bits per heavy atom. The van der Waals surface area contributed by atoms with E-state index in [1.807, 2.05) is 0 Å². The molecule has 0 aromatic heterocycles. The Bertz CT molecular complexity index is 559. The summed E-state index contributed by atoms with van der Waals surface area (Å²) in [5.41, 5.74) is -3.43. The van der Waals surface area contributed by atoms with E-state index < -0.39 is 38.6 Å². The van der Waals surface area contributed by atoms with Crippen LogP contribution in [0.25, 0.3) is 6.08 Å². The highest BCUT2D eigenvalue weighted by Crippen LogP contribution is 2.40. The zero-order chi connectivity index (χ0) is 15.7. The molecule has 2 nitrogen and oxygen atoms in total. The van der Waals surface area contributed by atoms with Gasteiger partial charge in [0.2, 0.25) is 0 Å². The number of carbonyl (C=O) groups is 1. The summed E-state index contributed by atoms with van der Waals surface area (Å²) in [5.74, 6) is -1.56. The fraction of sp³-hybridized carbons (Fsp3) is 0.182. The summed E-state index contributed by atoms with van der Waals surface area (Å²) in [6.07, 6.45) is -8.88. The van der Waals surface area contributed by atoms with Crippen LogP contribution in [-0.4, -0.2) is 11.1 Å². The van der Waals surface area contributed by atoms with Crippen LogP contribution in [-0.2, 0) is 17.1 Å². The van der Waals surface area contributed by atoms with Crippen molar-refractivity contribution < 1.29 is 36.2 Å². The zero-order valence-corrected chi connectivity index (χ0v) is 11.5. The summed E-state index contributed by atoms with van der Waals surface area (Å²) >= 11 is 1.13. The Hall–Kier alpha value is -1.26. The second kappa shape index (κ2) is 5.62. The van der Waals surface area contributed by atoms with E-state index in [0.29, 0.717) is 18.2 Å². The fourth-order valence-corrected chi connectivity index (χ4v) is 2.34. The summed E-state index contributed by atoms with van der Waals surface area (Å²) in [4.78, 5) is 10.3. The molecule has 0 unspecified atom stereocenters. The van der Waals surface area contributed by atoms with E-state index in [9.17, 15) is 31.1 Å². The molecule has 0 aliphatic rings. The van der Waals surface area contributed by atoms with Gasteiger partial charge in [-0.2, -0.15) is 26.3 Å². The Morgan fingerprint density at radius 1 is 1.10 bits per heavy atom. The van der Waals surface area contributed by atoms with Crippen LogP contribution in [0.2, 0.25) is 0 Å². The predicted octanol–water partition coefficient (Wildman–Crippen LogP) is 4.43. The lowest BCUT2D eigenvalue weighted by Crippen LogP contribution is -2.14. The smallest absolute Gasteiger partial charge is 0.418 e. The standard InChI is InChI=1S/C11H5F6IO2/c12-10(13,14)6-3-5(1-2-8(19)20)9(7(18)4-6)11(15,16)17/h1-4H,(H,19,20)/b2-1+. The monoisotopic (exact) mass is 410 g/mol. The molecule has 1 N–H and O–H groups in total. The lowest BCUT2D eigenvalue weighted by atomic mass is 10.0. The minimum atomic E-state index is -4.89. The van der Waals surface area contributed by atoms with Crippen molar-refractivity contribution in [3.05, 3.63) is 38.5 Å². The van der Waals surface area contributed by atoms with Gasteiger partial charge in [-0.15, -0.1) is 0 Å². The lowest BCUT2D eigenvalue weighted by molar-refractivity contribution is -0.142. The van der Waals surface area contributed by atoms with Gasteiger partial charge in [0.05, 0.1) is 11.1 Å². The predicted molar refractivity (Wildman–Crippen MR) is 65.8 cm³/mol. The van der Waals surface area contributed by atoms with Crippen LogP contribution >= 0.6 is 22.6 Å². The van der Waals surface area contributed by atoms with Gasteiger partial charge in [-0.3, -0.25) is 0 Å². The van der Waals surface area contributed by atoms with Gasteiger partial charge in [-0.25, -0.2) is 4.79 Å². The van der Waals surface area contributed by atoms with Gasteiger partial charge < -0.3 is 5.11 Å². The summed E-state index contributed by atoms with van der Waals surface area (Å²) in [6, 6.07) is 0.631. The third-order valence-corrected chi connectivity index (χ3v) is 2.99. The largest absolute Gasteiger partial charge is 0.478 e. The summed E-state index contributed by atoms with van der Waals surface area (Å²) in [7, 11) is 0. The molecule has 0 radical (unpaired) electrons. The first-order chi connectivity index (χ1) is 8.93. The van der Waals surface area contributed by atoms with Crippen molar-refractivity contribution in [2.24, 2.45) is 0 Å². The van der Waals surface area contributed by atoms with E-state index in [0.717, 1.165) is 22.6 Å². The van der Waals surface area contributed by atoms with Gasteiger partial charge >= 0.3 is 18.3 Å². The Morgan fingerprint density at radius 3 is 2.05 bits per heavy atom. The maximum Gasteiger partial charge on any atom is 0.418 e. The number of carboxylic acids is 1. The molecule has 0 spiro atoms. The van der Waals surface area contributed by atoms with Crippen LogP contribution in [0.5, 0.6) is 0 Å². The van der Waals surface area contributed by atoms with E-state index >= 15 is 0 Å². The first-order valence-electron chi connectivity index (χ1n) is 4.82. The maximum absolute atomic E-state index is 12.8. The Labute approximate surface area is 122 Å². The van der Waals surface area contributed by atoms with Crippen LogP contribution in [0, 0.1) is 3.57 Å². The number of alkyl halides is 6. The van der Waals surface area contributed by atoms with Crippen molar-refractivity contribution in [2.75, 3.05) is 0 Å². The van der Waals surface area contributed by atoms with Crippen molar-refractivity contribution in [3.8, 4) is 0 Å². The van der Waals surface area contributed by atoms with E-state index in [-0.39, 0.29) is 6.07 Å². The normalized spacial score (nSPS) is 12.9. The molecule has 9 heteroatoms. The van der Waals surface area contributed by atoms with E-state index in [2.05, 4.69) is 0 Å². The highest BCUT2D eigenvalue weighted by molar-refractivity contribution is 14.1. The van der Waals surface area contributed by atoms with Crippen LogP contribution in [0.4, 0.5) is 26.3 Å². The van der Waals surface area contributed by atoms with E-state index in [1.165, 1.54) is 0 Å². The second-order valence-corrected chi connectivity index (χ2v) is 4.75. The molecule has 0 saturated carbocycles. The average molecular weight is 410 g/mol. The van der Waals surface area contributed by atoms with E-state index in [1.54, 1.807) is 0 Å². The number of hydrogen-bond acceptors (Lipinski definition) is 1. The van der Waals surface area contributed by atoms with Crippen molar-refractivity contribution in [2.45, 2.75) is 12.4 Å². The van der Waals surface area contributed by atoms with Crippen LogP contribution in [0.3, 0.4) is 0 Å². The van der Waals surface area contributed by atoms with Crippen LogP contribution in [0.15, 0.2) is 18.2 Å². The number of hydrogen-bond donors (Lipinski definition) is 1. The summed E-state index contributed by atoms with van der Waals surface area (Å²) in [6.45, 7) is 0. The van der Waals surface area contributed by atoms with Gasteiger partial charge in [0, 0.05) is 9.65 Å².